The van der Waals surface area contributed by atoms with Crippen molar-refractivity contribution >= 4 is 0 Å². The largest absolute Gasteiger partial charge is 0.497 e. The Morgan fingerprint density at radius 2 is 2.00 bits per heavy atom. The van der Waals surface area contributed by atoms with Crippen LogP contribution in [0.25, 0.3) is 4.85 Å². The number of ether oxygens (including phenoxy) is 1. The highest BCUT2D eigenvalue weighted by Crippen LogP contribution is 2.55. The van der Waals surface area contributed by atoms with E-state index in [9.17, 15) is 0 Å². The van der Waals surface area contributed by atoms with Crippen LogP contribution in [-0.4, -0.2) is 7.11 Å². The summed E-state index contributed by atoms with van der Waals surface area (Å²) in [6.07, 6.45) is 0.989. The smallest absolute Gasteiger partial charge is 0.260 e. The SMILES string of the molecule is [C-]#[N+]C1(c2ccc(OC)cc2)CC1C. The zero-order valence-corrected chi connectivity index (χ0v) is 8.45. The van der Waals surface area contributed by atoms with Crippen molar-refractivity contribution in [1.82, 2.24) is 0 Å². The molecule has 0 aromatic heterocycles. The number of hydrogen-bond donors (Lipinski definition) is 0. The zero-order valence-electron chi connectivity index (χ0n) is 8.45. The summed E-state index contributed by atoms with van der Waals surface area (Å²) in [5.41, 5.74) is 0.896. The molecule has 0 spiro atoms. The van der Waals surface area contributed by atoms with Crippen LogP contribution in [0.5, 0.6) is 5.75 Å². The summed E-state index contributed by atoms with van der Waals surface area (Å²) in [5, 5.41) is 0. The van der Waals surface area contributed by atoms with Gasteiger partial charge in [0.1, 0.15) is 5.75 Å². The molecule has 2 atom stereocenters. The predicted molar refractivity (Wildman–Crippen MR) is 55.1 cm³/mol. The molecule has 1 aromatic carbocycles. The molecule has 1 saturated carbocycles. The van der Waals surface area contributed by atoms with Gasteiger partial charge in [0.05, 0.1) is 7.11 Å². The number of nitrogens with zero attached hydrogens (tertiary/aromatic N) is 1. The molecule has 0 saturated heterocycles. The van der Waals surface area contributed by atoms with Crippen molar-refractivity contribution < 1.29 is 4.74 Å². The van der Waals surface area contributed by atoms with Gasteiger partial charge in [-0.3, -0.25) is 0 Å². The fourth-order valence-corrected chi connectivity index (χ4v) is 1.91. The Bertz CT molecular complexity index is 376. The molecule has 0 bridgehead atoms. The number of rotatable bonds is 2. The van der Waals surface area contributed by atoms with Crippen molar-refractivity contribution in [2.24, 2.45) is 5.92 Å². The van der Waals surface area contributed by atoms with Crippen molar-refractivity contribution in [2.75, 3.05) is 7.11 Å². The first-order valence-corrected chi connectivity index (χ1v) is 4.76. The van der Waals surface area contributed by atoms with Crippen molar-refractivity contribution in [3.05, 3.63) is 41.2 Å². The fourth-order valence-electron chi connectivity index (χ4n) is 1.91. The van der Waals surface area contributed by atoms with Crippen LogP contribution in [0.2, 0.25) is 0 Å². The molecule has 72 valence electrons. The Balaban J connectivity index is 2.31. The molecule has 1 fully saturated rings. The average molecular weight is 187 g/mol. The third kappa shape index (κ3) is 1.17. The van der Waals surface area contributed by atoms with E-state index in [-0.39, 0.29) is 5.54 Å². The molecular formula is C12H13NO. The Labute approximate surface area is 84.3 Å². The summed E-state index contributed by atoms with van der Waals surface area (Å²) >= 11 is 0. The standard InChI is InChI=1S/C12H13NO/c1-9-8-12(9,13-2)10-4-6-11(14-3)7-5-10/h4-7,9H,8H2,1,3H3. The van der Waals surface area contributed by atoms with E-state index in [2.05, 4.69) is 11.8 Å². The van der Waals surface area contributed by atoms with Crippen molar-refractivity contribution in [2.45, 2.75) is 18.9 Å². The van der Waals surface area contributed by atoms with Crippen LogP contribution in [0.3, 0.4) is 0 Å². The van der Waals surface area contributed by atoms with Gasteiger partial charge in [-0.25, -0.2) is 6.57 Å². The van der Waals surface area contributed by atoms with E-state index in [4.69, 9.17) is 11.3 Å². The highest BCUT2D eigenvalue weighted by molar-refractivity contribution is 5.39. The molecule has 0 aliphatic heterocycles. The molecule has 2 unspecified atom stereocenters. The molecule has 0 radical (unpaired) electrons. The van der Waals surface area contributed by atoms with E-state index in [1.54, 1.807) is 7.11 Å². The first kappa shape index (κ1) is 9.08. The van der Waals surface area contributed by atoms with Crippen LogP contribution in [0.4, 0.5) is 0 Å². The first-order valence-electron chi connectivity index (χ1n) is 4.76. The lowest BCUT2D eigenvalue weighted by atomic mass is 10.0. The second-order valence-corrected chi connectivity index (χ2v) is 3.87. The monoisotopic (exact) mass is 187 g/mol. The number of benzene rings is 1. The molecule has 1 aromatic rings. The second-order valence-electron chi connectivity index (χ2n) is 3.87. The average Bonchev–Trinajstić information content (AvgIpc) is 2.91. The van der Waals surface area contributed by atoms with Gasteiger partial charge < -0.3 is 9.58 Å². The Morgan fingerprint density at radius 1 is 1.43 bits per heavy atom. The van der Waals surface area contributed by atoms with Crippen LogP contribution < -0.4 is 4.74 Å². The van der Waals surface area contributed by atoms with Gasteiger partial charge in [0.25, 0.3) is 5.54 Å². The Kier molecular flexibility index (Phi) is 1.96. The third-order valence-corrected chi connectivity index (χ3v) is 3.06. The van der Waals surface area contributed by atoms with Crippen LogP contribution in [-0.2, 0) is 5.54 Å². The van der Waals surface area contributed by atoms with Crippen molar-refractivity contribution in [3.8, 4) is 5.75 Å². The highest BCUT2D eigenvalue weighted by atomic mass is 16.5. The maximum atomic E-state index is 7.23. The summed E-state index contributed by atoms with van der Waals surface area (Å²) in [7, 11) is 1.65. The lowest BCUT2D eigenvalue weighted by Crippen LogP contribution is -2.02. The second kappa shape index (κ2) is 3.02. The van der Waals surface area contributed by atoms with Gasteiger partial charge in [-0.05, 0) is 24.3 Å². The maximum Gasteiger partial charge on any atom is 0.260 e. The first-order chi connectivity index (χ1) is 6.73. The molecule has 0 heterocycles. The van der Waals surface area contributed by atoms with E-state index < -0.39 is 0 Å². The summed E-state index contributed by atoms with van der Waals surface area (Å²) in [4.78, 5) is 3.75. The third-order valence-electron chi connectivity index (χ3n) is 3.06. The molecule has 2 heteroatoms. The number of hydrogen-bond acceptors (Lipinski definition) is 1. The summed E-state index contributed by atoms with van der Waals surface area (Å²) < 4.78 is 5.09. The molecule has 1 aliphatic rings. The highest BCUT2D eigenvalue weighted by Gasteiger charge is 2.60. The molecule has 1 aliphatic carbocycles. The number of methoxy groups -OCH3 is 1. The molecule has 14 heavy (non-hydrogen) atoms. The Morgan fingerprint density at radius 3 is 2.36 bits per heavy atom. The van der Waals surface area contributed by atoms with Crippen LogP contribution >= 0.6 is 0 Å². The fraction of sp³-hybridized carbons (Fsp3) is 0.417. The Hall–Kier alpha value is -1.49. The minimum Gasteiger partial charge on any atom is -0.497 e. The van der Waals surface area contributed by atoms with Gasteiger partial charge in [-0.1, -0.05) is 6.92 Å². The molecule has 2 nitrogen and oxygen atoms in total. The topological polar surface area (TPSA) is 13.6 Å². The van der Waals surface area contributed by atoms with Crippen molar-refractivity contribution in [1.29, 1.82) is 0 Å². The van der Waals surface area contributed by atoms with Crippen molar-refractivity contribution in [3.63, 3.8) is 0 Å². The lowest BCUT2D eigenvalue weighted by Gasteiger charge is -2.05. The predicted octanol–water partition coefficient (Wildman–Crippen LogP) is 2.85. The van der Waals surface area contributed by atoms with Gasteiger partial charge in [0.2, 0.25) is 0 Å². The van der Waals surface area contributed by atoms with Gasteiger partial charge in [0, 0.05) is 17.9 Å². The van der Waals surface area contributed by atoms with Crippen LogP contribution in [0, 0.1) is 12.5 Å². The van der Waals surface area contributed by atoms with E-state index in [1.165, 1.54) is 0 Å². The van der Waals surface area contributed by atoms with E-state index in [0.29, 0.717) is 5.92 Å². The van der Waals surface area contributed by atoms with Gasteiger partial charge in [0.15, 0.2) is 0 Å². The summed E-state index contributed by atoms with van der Waals surface area (Å²) in [6, 6.07) is 7.85. The van der Waals surface area contributed by atoms with E-state index >= 15 is 0 Å². The maximum absolute atomic E-state index is 7.23. The van der Waals surface area contributed by atoms with E-state index in [0.717, 1.165) is 17.7 Å². The lowest BCUT2D eigenvalue weighted by molar-refractivity contribution is 0.414. The molecular weight excluding hydrogens is 174 g/mol. The quantitative estimate of drug-likeness (QED) is 0.649. The minimum absolute atomic E-state index is 0.230. The molecule has 0 amide bonds. The van der Waals surface area contributed by atoms with Gasteiger partial charge >= 0.3 is 0 Å². The molecule has 2 rings (SSSR count). The zero-order chi connectivity index (χ0) is 10.2. The normalized spacial score (nSPS) is 29.4. The summed E-state index contributed by atoms with van der Waals surface area (Å²) in [6.45, 7) is 9.36. The molecule has 0 N–H and O–H groups in total. The van der Waals surface area contributed by atoms with E-state index in [1.807, 2.05) is 24.3 Å². The minimum atomic E-state index is -0.230. The van der Waals surface area contributed by atoms with Gasteiger partial charge in [-0.2, -0.15) is 0 Å². The van der Waals surface area contributed by atoms with Crippen LogP contribution in [0.1, 0.15) is 18.9 Å². The van der Waals surface area contributed by atoms with Crippen LogP contribution in [0.15, 0.2) is 24.3 Å². The van der Waals surface area contributed by atoms with Gasteiger partial charge in [-0.15, -0.1) is 0 Å². The summed E-state index contributed by atoms with van der Waals surface area (Å²) in [5.74, 6) is 1.34.